The summed E-state index contributed by atoms with van der Waals surface area (Å²) in [5.41, 5.74) is 0.181. The van der Waals surface area contributed by atoms with E-state index in [4.69, 9.17) is 0 Å². The van der Waals surface area contributed by atoms with E-state index >= 15 is 0 Å². The summed E-state index contributed by atoms with van der Waals surface area (Å²) in [6.45, 7) is 3.14. The zero-order chi connectivity index (χ0) is 16.3. The standard InChI is InChI=1S/C18H25NO3/c1-18(2,17(21)22)19(3)16(20)15-11-9-14(10-12-15)13-7-5-4-6-8-13/h4-8,14-15H,9-12H2,1-3H3,(H,21,22). The molecule has 1 N–H and O–H groups in total. The first-order valence-corrected chi connectivity index (χ1v) is 7.90. The Morgan fingerprint density at radius 1 is 1.09 bits per heavy atom. The Labute approximate surface area is 132 Å². The molecule has 120 valence electrons. The molecule has 1 aromatic rings. The first-order chi connectivity index (χ1) is 10.3. The number of nitrogens with zero attached hydrogens (tertiary/aromatic N) is 1. The lowest BCUT2D eigenvalue weighted by atomic mass is 9.78. The molecular formula is C18H25NO3. The molecule has 2 rings (SSSR count). The number of amides is 1. The van der Waals surface area contributed by atoms with E-state index < -0.39 is 11.5 Å². The van der Waals surface area contributed by atoms with Crippen molar-refractivity contribution >= 4 is 11.9 Å². The predicted molar refractivity (Wildman–Crippen MR) is 85.6 cm³/mol. The van der Waals surface area contributed by atoms with Crippen LogP contribution >= 0.6 is 0 Å². The summed E-state index contributed by atoms with van der Waals surface area (Å²) >= 11 is 0. The minimum atomic E-state index is -1.16. The maximum atomic E-state index is 12.6. The average Bonchev–Trinajstić information content (AvgIpc) is 2.54. The van der Waals surface area contributed by atoms with Gasteiger partial charge in [0.05, 0.1) is 0 Å². The number of carbonyl (C=O) groups excluding carboxylic acids is 1. The summed E-state index contributed by atoms with van der Waals surface area (Å²) < 4.78 is 0. The van der Waals surface area contributed by atoms with E-state index in [0.29, 0.717) is 5.92 Å². The third kappa shape index (κ3) is 3.32. The van der Waals surface area contributed by atoms with Crippen molar-refractivity contribution in [3.05, 3.63) is 35.9 Å². The fraction of sp³-hybridized carbons (Fsp3) is 0.556. The maximum absolute atomic E-state index is 12.6. The lowest BCUT2D eigenvalue weighted by Gasteiger charge is -2.36. The fourth-order valence-corrected chi connectivity index (χ4v) is 3.09. The first-order valence-electron chi connectivity index (χ1n) is 7.90. The molecule has 0 spiro atoms. The average molecular weight is 303 g/mol. The Balaban J connectivity index is 1.97. The Morgan fingerprint density at radius 3 is 2.14 bits per heavy atom. The molecule has 1 amide bonds. The highest BCUT2D eigenvalue weighted by Crippen LogP contribution is 2.36. The van der Waals surface area contributed by atoms with Crippen molar-refractivity contribution in [1.29, 1.82) is 0 Å². The van der Waals surface area contributed by atoms with Gasteiger partial charge in [-0.15, -0.1) is 0 Å². The lowest BCUT2D eigenvalue weighted by molar-refractivity contribution is -0.157. The minimum absolute atomic E-state index is 0.0427. The van der Waals surface area contributed by atoms with Crippen LogP contribution in [0.15, 0.2) is 30.3 Å². The summed E-state index contributed by atoms with van der Waals surface area (Å²) in [6, 6.07) is 10.4. The van der Waals surface area contributed by atoms with Gasteiger partial charge in [-0.05, 0) is 51.0 Å². The molecule has 4 nitrogen and oxygen atoms in total. The summed E-state index contributed by atoms with van der Waals surface area (Å²) in [6.07, 6.45) is 3.64. The second-order valence-corrected chi connectivity index (χ2v) is 6.72. The summed E-state index contributed by atoms with van der Waals surface area (Å²) in [5.74, 6) is -0.549. The van der Waals surface area contributed by atoms with Crippen LogP contribution in [-0.4, -0.2) is 34.5 Å². The van der Waals surface area contributed by atoms with Crippen molar-refractivity contribution in [2.24, 2.45) is 5.92 Å². The van der Waals surface area contributed by atoms with Gasteiger partial charge >= 0.3 is 5.97 Å². The van der Waals surface area contributed by atoms with Crippen LogP contribution in [0.3, 0.4) is 0 Å². The Bertz CT molecular complexity index is 531. The van der Waals surface area contributed by atoms with Crippen molar-refractivity contribution in [1.82, 2.24) is 4.90 Å². The van der Waals surface area contributed by atoms with E-state index in [-0.39, 0.29) is 11.8 Å². The molecule has 0 radical (unpaired) electrons. The number of carboxylic acid groups (broad SMARTS) is 1. The number of rotatable bonds is 4. The second-order valence-electron chi connectivity index (χ2n) is 6.72. The SMILES string of the molecule is CN(C(=O)C1CCC(c2ccccc2)CC1)C(C)(C)C(=O)O. The smallest absolute Gasteiger partial charge is 0.329 e. The quantitative estimate of drug-likeness (QED) is 0.928. The van der Waals surface area contributed by atoms with Crippen LogP contribution in [0.2, 0.25) is 0 Å². The number of carbonyl (C=O) groups is 2. The highest BCUT2D eigenvalue weighted by molar-refractivity contribution is 5.87. The van der Waals surface area contributed by atoms with Crippen molar-refractivity contribution in [3.8, 4) is 0 Å². The number of aliphatic carboxylic acids is 1. The molecule has 1 aliphatic rings. The largest absolute Gasteiger partial charge is 0.480 e. The molecule has 0 saturated heterocycles. The van der Waals surface area contributed by atoms with Crippen molar-refractivity contribution in [2.75, 3.05) is 7.05 Å². The number of benzene rings is 1. The van der Waals surface area contributed by atoms with Gasteiger partial charge < -0.3 is 10.0 Å². The summed E-state index contributed by atoms with van der Waals surface area (Å²) in [5, 5.41) is 9.26. The van der Waals surface area contributed by atoms with E-state index in [9.17, 15) is 14.7 Å². The van der Waals surface area contributed by atoms with Crippen LogP contribution in [0.1, 0.15) is 51.0 Å². The van der Waals surface area contributed by atoms with Crippen molar-refractivity contribution < 1.29 is 14.7 Å². The monoisotopic (exact) mass is 303 g/mol. The van der Waals surface area contributed by atoms with E-state index in [1.165, 1.54) is 10.5 Å². The Kier molecular flexibility index (Phi) is 4.89. The fourth-order valence-electron chi connectivity index (χ4n) is 3.09. The Morgan fingerprint density at radius 2 is 1.64 bits per heavy atom. The highest BCUT2D eigenvalue weighted by atomic mass is 16.4. The van der Waals surface area contributed by atoms with Crippen LogP contribution in [0.4, 0.5) is 0 Å². The minimum Gasteiger partial charge on any atom is -0.480 e. The second kappa shape index (κ2) is 6.51. The van der Waals surface area contributed by atoms with Gasteiger partial charge in [-0.2, -0.15) is 0 Å². The zero-order valence-corrected chi connectivity index (χ0v) is 13.6. The molecule has 1 aromatic carbocycles. The molecule has 0 bridgehead atoms. The van der Waals surface area contributed by atoms with E-state index in [0.717, 1.165) is 25.7 Å². The zero-order valence-electron chi connectivity index (χ0n) is 13.6. The topological polar surface area (TPSA) is 57.6 Å². The number of carboxylic acids is 1. The molecule has 1 aliphatic carbocycles. The predicted octanol–water partition coefficient (Wildman–Crippen LogP) is 3.28. The van der Waals surface area contributed by atoms with Gasteiger partial charge in [0.15, 0.2) is 0 Å². The molecular weight excluding hydrogens is 278 g/mol. The molecule has 22 heavy (non-hydrogen) atoms. The Hall–Kier alpha value is -1.84. The molecule has 0 atom stereocenters. The summed E-state index contributed by atoms with van der Waals surface area (Å²) in [7, 11) is 1.60. The van der Waals surface area contributed by atoms with Gasteiger partial charge in [0.2, 0.25) is 5.91 Å². The molecule has 4 heteroatoms. The van der Waals surface area contributed by atoms with Crippen LogP contribution in [0, 0.1) is 5.92 Å². The lowest BCUT2D eigenvalue weighted by Crippen LogP contribution is -2.52. The molecule has 1 saturated carbocycles. The van der Waals surface area contributed by atoms with Crippen molar-refractivity contribution in [3.63, 3.8) is 0 Å². The first kappa shape index (κ1) is 16.5. The normalized spacial score (nSPS) is 22.1. The summed E-state index contributed by atoms with van der Waals surface area (Å²) in [4.78, 5) is 25.2. The van der Waals surface area contributed by atoms with E-state index in [1.807, 2.05) is 6.07 Å². The molecule has 1 fully saturated rings. The van der Waals surface area contributed by atoms with Gasteiger partial charge in [-0.3, -0.25) is 4.79 Å². The van der Waals surface area contributed by atoms with E-state index in [2.05, 4.69) is 24.3 Å². The molecule has 0 unspecified atom stereocenters. The maximum Gasteiger partial charge on any atom is 0.329 e. The van der Waals surface area contributed by atoms with Crippen LogP contribution in [-0.2, 0) is 9.59 Å². The van der Waals surface area contributed by atoms with Gasteiger partial charge in [-0.25, -0.2) is 4.79 Å². The van der Waals surface area contributed by atoms with Gasteiger partial charge in [0.25, 0.3) is 0 Å². The van der Waals surface area contributed by atoms with E-state index in [1.54, 1.807) is 20.9 Å². The molecule has 0 aromatic heterocycles. The molecule has 0 heterocycles. The third-order valence-electron chi connectivity index (χ3n) is 5.04. The number of hydrogen-bond acceptors (Lipinski definition) is 2. The number of likely N-dealkylation sites (N-methyl/N-ethyl adjacent to an activating group) is 1. The van der Waals surface area contributed by atoms with Crippen LogP contribution < -0.4 is 0 Å². The molecule has 0 aliphatic heterocycles. The van der Waals surface area contributed by atoms with Crippen molar-refractivity contribution in [2.45, 2.75) is 51.0 Å². The van der Waals surface area contributed by atoms with Crippen LogP contribution in [0.25, 0.3) is 0 Å². The number of hydrogen-bond donors (Lipinski definition) is 1. The van der Waals surface area contributed by atoms with Gasteiger partial charge in [0.1, 0.15) is 5.54 Å². The van der Waals surface area contributed by atoms with Crippen LogP contribution in [0.5, 0.6) is 0 Å². The van der Waals surface area contributed by atoms with Gasteiger partial charge in [-0.1, -0.05) is 30.3 Å². The van der Waals surface area contributed by atoms with Gasteiger partial charge in [0, 0.05) is 13.0 Å². The third-order valence-corrected chi connectivity index (χ3v) is 5.04. The highest BCUT2D eigenvalue weighted by Gasteiger charge is 2.38.